The van der Waals surface area contributed by atoms with Crippen molar-refractivity contribution in [2.45, 2.75) is 26.4 Å². The zero-order chi connectivity index (χ0) is 15.5. The van der Waals surface area contributed by atoms with Gasteiger partial charge in [0, 0.05) is 34.7 Å². The summed E-state index contributed by atoms with van der Waals surface area (Å²) in [7, 11) is 0. The standard InChI is InChI=1S/C18H19ClN2O/c1-12(2)20-10-13-11-21-16-4-3-5-17(18(13)16)22-15-8-6-14(19)7-9-15/h3-9,11-12,20-21H,10H2,1-2H3. The second-order valence-corrected chi connectivity index (χ2v) is 6.02. The Kier molecular flexibility index (Phi) is 4.36. The Bertz CT molecular complexity index is 762. The molecule has 0 fully saturated rings. The van der Waals surface area contributed by atoms with Crippen LogP contribution in [0.15, 0.2) is 48.7 Å². The Morgan fingerprint density at radius 3 is 2.64 bits per heavy atom. The highest BCUT2D eigenvalue weighted by Crippen LogP contribution is 2.32. The third kappa shape index (κ3) is 3.26. The van der Waals surface area contributed by atoms with Crippen LogP contribution in [0.2, 0.25) is 5.02 Å². The van der Waals surface area contributed by atoms with Crippen LogP contribution < -0.4 is 10.1 Å². The molecule has 0 radical (unpaired) electrons. The first-order valence-corrected chi connectivity index (χ1v) is 7.77. The van der Waals surface area contributed by atoms with Crippen molar-refractivity contribution in [3.05, 3.63) is 59.2 Å². The fourth-order valence-corrected chi connectivity index (χ4v) is 2.51. The fraction of sp³-hybridized carbons (Fsp3) is 0.222. The molecule has 0 aliphatic carbocycles. The van der Waals surface area contributed by atoms with Crippen molar-refractivity contribution in [1.29, 1.82) is 0 Å². The molecule has 0 aliphatic heterocycles. The van der Waals surface area contributed by atoms with E-state index >= 15 is 0 Å². The van der Waals surface area contributed by atoms with Gasteiger partial charge in [0.15, 0.2) is 0 Å². The van der Waals surface area contributed by atoms with Crippen LogP contribution in [0.25, 0.3) is 10.9 Å². The van der Waals surface area contributed by atoms with Gasteiger partial charge in [-0.05, 0) is 42.0 Å². The SMILES string of the molecule is CC(C)NCc1c[nH]c2cccc(Oc3ccc(Cl)cc3)c12. The van der Waals surface area contributed by atoms with Gasteiger partial charge in [-0.2, -0.15) is 0 Å². The number of hydrogen-bond donors (Lipinski definition) is 2. The molecule has 0 amide bonds. The first-order chi connectivity index (χ1) is 10.6. The predicted molar refractivity (Wildman–Crippen MR) is 91.8 cm³/mol. The van der Waals surface area contributed by atoms with Crippen molar-refractivity contribution in [3.63, 3.8) is 0 Å². The van der Waals surface area contributed by atoms with Gasteiger partial charge in [-0.1, -0.05) is 31.5 Å². The van der Waals surface area contributed by atoms with Gasteiger partial charge in [0.05, 0.1) is 0 Å². The van der Waals surface area contributed by atoms with Crippen LogP contribution in [-0.2, 0) is 6.54 Å². The summed E-state index contributed by atoms with van der Waals surface area (Å²) < 4.78 is 6.05. The lowest BCUT2D eigenvalue weighted by atomic mass is 10.1. The normalized spacial score (nSPS) is 11.3. The van der Waals surface area contributed by atoms with E-state index in [1.165, 1.54) is 5.56 Å². The summed E-state index contributed by atoms with van der Waals surface area (Å²) in [6, 6.07) is 13.9. The minimum absolute atomic E-state index is 0.439. The molecule has 0 aliphatic rings. The summed E-state index contributed by atoms with van der Waals surface area (Å²) in [6.07, 6.45) is 2.04. The number of ether oxygens (including phenoxy) is 1. The average Bonchev–Trinajstić information content (AvgIpc) is 2.92. The molecule has 0 unspecified atom stereocenters. The summed E-state index contributed by atoms with van der Waals surface area (Å²) in [5.74, 6) is 1.63. The van der Waals surface area contributed by atoms with Crippen molar-refractivity contribution in [2.75, 3.05) is 0 Å². The second-order valence-electron chi connectivity index (χ2n) is 5.58. The Hall–Kier alpha value is -1.97. The first-order valence-electron chi connectivity index (χ1n) is 7.39. The smallest absolute Gasteiger partial charge is 0.137 e. The number of benzene rings is 2. The van der Waals surface area contributed by atoms with E-state index in [0.29, 0.717) is 11.1 Å². The summed E-state index contributed by atoms with van der Waals surface area (Å²) in [5, 5.41) is 5.26. The van der Waals surface area contributed by atoms with Gasteiger partial charge in [-0.15, -0.1) is 0 Å². The van der Waals surface area contributed by atoms with Crippen molar-refractivity contribution in [1.82, 2.24) is 10.3 Å². The Labute approximate surface area is 135 Å². The van der Waals surface area contributed by atoms with Crippen molar-refractivity contribution in [2.24, 2.45) is 0 Å². The van der Waals surface area contributed by atoms with E-state index < -0.39 is 0 Å². The highest BCUT2D eigenvalue weighted by atomic mass is 35.5. The van der Waals surface area contributed by atoms with Crippen molar-refractivity contribution in [3.8, 4) is 11.5 Å². The zero-order valence-electron chi connectivity index (χ0n) is 12.7. The topological polar surface area (TPSA) is 37.0 Å². The molecule has 0 saturated carbocycles. The maximum Gasteiger partial charge on any atom is 0.137 e. The number of halogens is 1. The van der Waals surface area contributed by atoms with Crippen LogP contribution in [0.5, 0.6) is 11.5 Å². The minimum Gasteiger partial charge on any atom is -0.457 e. The molecule has 4 heteroatoms. The molecule has 3 rings (SSSR count). The Balaban J connectivity index is 1.94. The Morgan fingerprint density at radius 1 is 1.14 bits per heavy atom. The van der Waals surface area contributed by atoms with Crippen LogP contribution >= 0.6 is 11.6 Å². The molecule has 0 saturated heterocycles. The number of hydrogen-bond acceptors (Lipinski definition) is 2. The molecular weight excluding hydrogens is 296 g/mol. The lowest BCUT2D eigenvalue weighted by molar-refractivity contribution is 0.487. The van der Waals surface area contributed by atoms with E-state index in [1.807, 2.05) is 42.6 Å². The number of H-pyrrole nitrogens is 1. The van der Waals surface area contributed by atoms with Gasteiger partial charge < -0.3 is 15.0 Å². The molecule has 2 N–H and O–H groups in total. The molecule has 0 atom stereocenters. The van der Waals surface area contributed by atoms with Gasteiger partial charge in [0.25, 0.3) is 0 Å². The number of fused-ring (bicyclic) bond motifs is 1. The van der Waals surface area contributed by atoms with Gasteiger partial charge in [0.2, 0.25) is 0 Å². The van der Waals surface area contributed by atoms with Crippen LogP contribution in [0.1, 0.15) is 19.4 Å². The molecule has 0 bridgehead atoms. The molecule has 114 valence electrons. The van der Waals surface area contributed by atoms with E-state index in [4.69, 9.17) is 16.3 Å². The molecule has 1 aromatic heterocycles. The van der Waals surface area contributed by atoms with E-state index in [0.717, 1.165) is 28.9 Å². The number of aromatic amines is 1. The van der Waals surface area contributed by atoms with Gasteiger partial charge in [-0.3, -0.25) is 0 Å². The third-order valence-corrected chi connectivity index (χ3v) is 3.74. The monoisotopic (exact) mass is 314 g/mol. The zero-order valence-corrected chi connectivity index (χ0v) is 13.4. The van der Waals surface area contributed by atoms with E-state index in [-0.39, 0.29) is 0 Å². The average molecular weight is 315 g/mol. The molecule has 1 heterocycles. The first kappa shape index (κ1) is 14.9. The third-order valence-electron chi connectivity index (χ3n) is 3.49. The molecule has 22 heavy (non-hydrogen) atoms. The van der Waals surface area contributed by atoms with Crippen LogP contribution in [-0.4, -0.2) is 11.0 Å². The van der Waals surface area contributed by atoms with E-state index in [1.54, 1.807) is 0 Å². The molecular formula is C18H19ClN2O. The van der Waals surface area contributed by atoms with Crippen molar-refractivity contribution < 1.29 is 4.74 Å². The highest BCUT2D eigenvalue weighted by molar-refractivity contribution is 6.30. The predicted octanol–water partition coefficient (Wildman–Crippen LogP) is 5.11. The van der Waals surface area contributed by atoms with Gasteiger partial charge in [0.1, 0.15) is 11.5 Å². The highest BCUT2D eigenvalue weighted by Gasteiger charge is 2.10. The van der Waals surface area contributed by atoms with Crippen LogP contribution in [0, 0.1) is 0 Å². The number of nitrogens with one attached hydrogen (secondary N) is 2. The second kappa shape index (κ2) is 6.42. The van der Waals surface area contributed by atoms with Gasteiger partial charge in [-0.25, -0.2) is 0 Å². The number of rotatable bonds is 5. The van der Waals surface area contributed by atoms with Crippen LogP contribution in [0.3, 0.4) is 0 Å². The molecule has 3 aromatic rings. The summed E-state index contributed by atoms with van der Waals surface area (Å²) >= 11 is 5.92. The van der Waals surface area contributed by atoms with E-state index in [2.05, 4.69) is 30.2 Å². The maximum atomic E-state index is 6.05. The lowest BCUT2D eigenvalue weighted by Crippen LogP contribution is -2.21. The van der Waals surface area contributed by atoms with E-state index in [9.17, 15) is 0 Å². The molecule has 3 nitrogen and oxygen atoms in total. The summed E-state index contributed by atoms with van der Waals surface area (Å²) in [4.78, 5) is 3.31. The van der Waals surface area contributed by atoms with Gasteiger partial charge >= 0.3 is 0 Å². The lowest BCUT2D eigenvalue weighted by Gasteiger charge is -2.10. The quantitative estimate of drug-likeness (QED) is 0.686. The van der Waals surface area contributed by atoms with Crippen LogP contribution in [0.4, 0.5) is 0 Å². The largest absolute Gasteiger partial charge is 0.457 e. The molecule has 0 spiro atoms. The Morgan fingerprint density at radius 2 is 1.91 bits per heavy atom. The maximum absolute atomic E-state index is 6.05. The summed E-state index contributed by atoms with van der Waals surface area (Å²) in [5.41, 5.74) is 2.28. The molecule has 2 aromatic carbocycles. The summed E-state index contributed by atoms with van der Waals surface area (Å²) in [6.45, 7) is 5.08. The fourth-order valence-electron chi connectivity index (χ4n) is 2.39. The number of aromatic nitrogens is 1. The van der Waals surface area contributed by atoms with Crippen molar-refractivity contribution >= 4 is 22.5 Å². The minimum atomic E-state index is 0.439.